The van der Waals surface area contributed by atoms with Crippen LogP contribution in [0.1, 0.15) is 44.5 Å². The highest BCUT2D eigenvalue weighted by Gasteiger charge is 2.18. The number of nitrogens with one attached hydrogen (secondary N) is 1. The molecule has 0 fully saturated rings. The second-order valence-electron chi connectivity index (χ2n) is 7.77. The van der Waals surface area contributed by atoms with Crippen LogP contribution in [0.5, 0.6) is 0 Å². The summed E-state index contributed by atoms with van der Waals surface area (Å²) in [6.45, 7) is 7.13. The zero-order chi connectivity index (χ0) is 22.5. The monoisotopic (exact) mass is 429 g/mol. The minimum atomic E-state index is -0.0788. The third-order valence-corrected chi connectivity index (χ3v) is 5.64. The molecule has 0 aliphatic heterocycles. The number of hydrogen-bond acceptors (Lipinski definition) is 5. The highest BCUT2D eigenvalue weighted by molar-refractivity contribution is 5.80. The maximum Gasteiger partial charge on any atom is 0.346 e. The second-order valence-corrected chi connectivity index (χ2v) is 7.77. The number of nitrogens with zero attached hydrogens (tertiary/aromatic N) is 6. The Bertz CT molecular complexity index is 1250. The highest BCUT2D eigenvalue weighted by atomic mass is 16.2. The van der Waals surface area contributed by atoms with Crippen LogP contribution in [0, 0.1) is 0 Å². The van der Waals surface area contributed by atoms with E-state index in [2.05, 4.69) is 63.8 Å². The number of aromatic amines is 1. The van der Waals surface area contributed by atoms with Crippen molar-refractivity contribution < 1.29 is 0 Å². The van der Waals surface area contributed by atoms with E-state index >= 15 is 0 Å². The van der Waals surface area contributed by atoms with Crippen LogP contribution in [0.4, 0.5) is 0 Å². The molecule has 32 heavy (non-hydrogen) atoms. The van der Waals surface area contributed by atoms with Crippen LogP contribution in [-0.4, -0.2) is 35.0 Å². The molecule has 4 rings (SSSR count). The summed E-state index contributed by atoms with van der Waals surface area (Å²) in [5.41, 5.74) is 3.95. The van der Waals surface area contributed by atoms with Crippen LogP contribution in [0.3, 0.4) is 0 Å². The molecule has 0 saturated heterocycles. The summed E-state index contributed by atoms with van der Waals surface area (Å²) in [5.74, 6) is 1.59. The Hall–Kier alpha value is -3.81. The van der Waals surface area contributed by atoms with Crippen molar-refractivity contribution in [2.24, 2.45) is 0 Å². The molecule has 1 N–H and O–H groups in total. The Morgan fingerprint density at radius 1 is 1.09 bits per heavy atom. The molecule has 0 aliphatic carbocycles. The summed E-state index contributed by atoms with van der Waals surface area (Å²) in [6, 6.07) is 16.2. The molecule has 0 aliphatic rings. The third-order valence-electron chi connectivity index (χ3n) is 5.64. The van der Waals surface area contributed by atoms with Crippen molar-refractivity contribution in [2.45, 2.75) is 46.2 Å². The highest BCUT2D eigenvalue weighted by Crippen LogP contribution is 2.29. The van der Waals surface area contributed by atoms with Crippen molar-refractivity contribution in [2.75, 3.05) is 0 Å². The fraction of sp³-hybridized carbons (Fsp3) is 0.292. The van der Waals surface area contributed by atoms with Gasteiger partial charge in [-0.25, -0.2) is 9.48 Å². The van der Waals surface area contributed by atoms with E-state index in [1.54, 1.807) is 4.57 Å². The molecular formula is C24H27N7O. The van der Waals surface area contributed by atoms with Gasteiger partial charge in [-0.15, -0.1) is 10.2 Å². The van der Waals surface area contributed by atoms with E-state index in [0.29, 0.717) is 18.9 Å². The summed E-state index contributed by atoms with van der Waals surface area (Å²) in [5, 5.41) is 19.0. The Balaban J connectivity index is 1.65. The molecule has 0 spiro atoms. The quantitative estimate of drug-likeness (QED) is 0.427. The number of benzene rings is 2. The third kappa shape index (κ3) is 4.30. The first-order chi connectivity index (χ1) is 15.6. The first kappa shape index (κ1) is 21.4. The SMILES string of the molecule is C/C=C/Cn1nc(C(C)CC)n(Cc2ccc(-c3ccccc3-c3nn[nH]n3)cc2)c1=O. The molecule has 8 nitrogen and oxygen atoms in total. The van der Waals surface area contributed by atoms with Crippen LogP contribution in [-0.2, 0) is 13.1 Å². The molecule has 0 bridgehead atoms. The molecular weight excluding hydrogens is 402 g/mol. The Morgan fingerprint density at radius 2 is 1.84 bits per heavy atom. The van der Waals surface area contributed by atoms with Crippen LogP contribution < -0.4 is 5.69 Å². The lowest BCUT2D eigenvalue weighted by Crippen LogP contribution is -2.26. The van der Waals surface area contributed by atoms with E-state index in [0.717, 1.165) is 34.5 Å². The average Bonchev–Trinajstić information content (AvgIpc) is 3.47. The molecule has 2 aromatic carbocycles. The van der Waals surface area contributed by atoms with Gasteiger partial charge in [-0.05, 0) is 35.2 Å². The lowest BCUT2D eigenvalue weighted by Gasteiger charge is -2.11. The van der Waals surface area contributed by atoms with Crippen LogP contribution >= 0.6 is 0 Å². The van der Waals surface area contributed by atoms with Gasteiger partial charge < -0.3 is 0 Å². The van der Waals surface area contributed by atoms with Gasteiger partial charge in [-0.3, -0.25) is 4.57 Å². The Labute approximate surface area is 186 Å². The summed E-state index contributed by atoms with van der Waals surface area (Å²) in [7, 11) is 0. The largest absolute Gasteiger partial charge is 0.346 e. The number of hydrogen-bond donors (Lipinski definition) is 1. The smallest absolute Gasteiger partial charge is 0.274 e. The summed E-state index contributed by atoms with van der Waals surface area (Å²) in [4.78, 5) is 13.0. The number of aromatic nitrogens is 7. The summed E-state index contributed by atoms with van der Waals surface area (Å²) < 4.78 is 3.33. The van der Waals surface area contributed by atoms with Gasteiger partial charge in [0.25, 0.3) is 0 Å². The second kappa shape index (κ2) is 9.55. The molecule has 8 heteroatoms. The van der Waals surface area contributed by atoms with Crippen molar-refractivity contribution >= 4 is 0 Å². The standard InChI is InChI=1S/C24H27N7O/c1-4-6-15-31-24(32)30(23(27-31)17(3)5-2)16-18-11-13-19(14-12-18)20-9-7-8-10-21(20)22-25-28-29-26-22/h4,6-14,17H,5,15-16H2,1-3H3,(H,25,26,28,29)/b6-4+. The zero-order valence-electron chi connectivity index (χ0n) is 18.6. The van der Waals surface area contributed by atoms with Gasteiger partial charge in [0.15, 0.2) is 0 Å². The van der Waals surface area contributed by atoms with Crippen LogP contribution in [0.2, 0.25) is 0 Å². The lowest BCUT2D eigenvalue weighted by atomic mass is 9.98. The molecule has 2 aromatic heterocycles. The van der Waals surface area contributed by atoms with E-state index in [9.17, 15) is 4.79 Å². The van der Waals surface area contributed by atoms with Gasteiger partial charge in [-0.2, -0.15) is 10.3 Å². The first-order valence-corrected chi connectivity index (χ1v) is 10.8. The normalized spacial score (nSPS) is 12.5. The number of allylic oxidation sites excluding steroid dienone is 2. The number of rotatable bonds is 8. The van der Waals surface area contributed by atoms with E-state index in [4.69, 9.17) is 0 Å². The minimum absolute atomic E-state index is 0.0788. The Morgan fingerprint density at radius 3 is 2.50 bits per heavy atom. The molecule has 164 valence electrons. The number of tetrazole rings is 1. The summed E-state index contributed by atoms with van der Waals surface area (Å²) >= 11 is 0. The maximum absolute atomic E-state index is 13.0. The lowest BCUT2D eigenvalue weighted by molar-refractivity contribution is 0.608. The van der Waals surface area contributed by atoms with Gasteiger partial charge in [0.1, 0.15) is 5.82 Å². The molecule has 0 radical (unpaired) electrons. The Kier molecular flexibility index (Phi) is 6.39. The van der Waals surface area contributed by atoms with Gasteiger partial charge in [-0.1, -0.05) is 74.5 Å². The summed E-state index contributed by atoms with van der Waals surface area (Å²) in [6.07, 6.45) is 4.79. The molecule has 0 saturated carbocycles. The van der Waals surface area contributed by atoms with Crippen LogP contribution in [0.25, 0.3) is 22.5 Å². The van der Waals surface area contributed by atoms with Gasteiger partial charge >= 0.3 is 5.69 Å². The predicted octanol–water partition coefficient (Wildman–Crippen LogP) is 4.03. The number of H-pyrrole nitrogens is 1. The van der Waals surface area contributed by atoms with E-state index in [1.165, 1.54) is 4.68 Å². The van der Waals surface area contributed by atoms with E-state index in [1.807, 2.05) is 43.3 Å². The molecule has 1 atom stereocenters. The fourth-order valence-corrected chi connectivity index (χ4v) is 3.66. The molecule has 2 heterocycles. The minimum Gasteiger partial charge on any atom is -0.274 e. The van der Waals surface area contributed by atoms with Crippen molar-refractivity contribution in [1.29, 1.82) is 0 Å². The maximum atomic E-state index is 13.0. The van der Waals surface area contributed by atoms with E-state index in [-0.39, 0.29) is 11.6 Å². The first-order valence-electron chi connectivity index (χ1n) is 10.8. The van der Waals surface area contributed by atoms with Crippen molar-refractivity contribution in [3.8, 4) is 22.5 Å². The fourth-order valence-electron chi connectivity index (χ4n) is 3.66. The average molecular weight is 430 g/mol. The van der Waals surface area contributed by atoms with Crippen molar-refractivity contribution in [3.63, 3.8) is 0 Å². The van der Waals surface area contributed by atoms with Gasteiger partial charge in [0.2, 0.25) is 5.82 Å². The van der Waals surface area contributed by atoms with E-state index < -0.39 is 0 Å². The van der Waals surface area contributed by atoms with Crippen molar-refractivity contribution in [3.05, 3.63) is 82.6 Å². The van der Waals surface area contributed by atoms with Gasteiger partial charge in [0.05, 0.1) is 13.1 Å². The molecule has 1 unspecified atom stereocenters. The van der Waals surface area contributed by atoms with Crippen molar-refractivity contribution in [1.82, 2.24) is 35.0 Å². The zero-order valence-corrected chi connectivity index (χ0v) is 18.6. The van der Waals surface area contributed by atoms with Crippen LogP contribution in [0.15, 0.2) is 65.5 Å². The van der Waals surface area contributed by atoms with Gasteiger partial charge in [0, 0.05) is 11.5 Å². The molecule has 0 amide bonds. The molecule has 4 aromatic rings. The predicted molar refractivity (Wildman–Crippen MR) is 124 cm³/mol. The topological polar surface area (TPSA) is 94.3 Å².